The lowest BCUT2D eigenvalue weighted by Gasteiger charge is -2.30. The number of fused-ring (bicyclic) bond motifs is 1. The van der Waals surface area contributed by atoms with Gasteiger partial charge < -0.3 is 9.80 Å². The van der Waals surface area contributed by atoms with Crippen molar-refractivity contribution in [2.24, 2.45) is 0 Å². The number of hydrogen-bond acceptors (Lipinski definition) is 4. The summed E-state index contributed by atoms with van der Waals surface area (Å²) in [4.78, 5) is 13.5. The van der Waals surface area contributed by atoms with Crippen LogP contribution >= 0.6 is 0 Å². The SMILES string of the molecule is CN(Cc1ccccc1)c1cc(N2CCc3ccccc3C2)ncn1. The van der Waals surface area contributed by atoms with Crippen LogP contribution in [0, 0.1) is 0 Å². The van der Waals surface area contributed by atoms with Gasteiger partial charge in [-0.25, -0.2) is 9.97 Å². The number of aromatic nitrogens is 2. The van der Waals surface area contributed by atoms with Crippen molar-refractivity contribution in [3.8, 4) is 0 Å². The molecule has 0 N–H and O–H groups in total. The Morgan fingerprint density at radius 3 is 2.56 bits per heavy atom. The fourth-order valence-electron chi connectivity index (χ4n) is 3.35. The monoisotopic (exact) mass is 330 g/mol. The first-order valence-electron chi connectivity index (χ1n) is 8.68. The van der Waals surface area contributed by atoms with Crippen molar-refractivity contribution >= 4 is 11.6 Å². The largest absolute Gasteiger partial charge is 0.355 e. The van der Waals surface area contributed by atoms with E-state index in [1.54, 1.807) is 6.33 Å². The van der Waals surface area contributed by atoms with Crippen molar-refractivity contribution in [1.82, 2.24) is 9.97 Å². The zero-order valence-electron chi connectivity index (χ0n) is 14.5. The Hall–Kier alpha value is -2.88. The first-order valence-corrected chi connectivity index (χ1v) is 8.68. The van der Waals surface area contributed by atoms with Crippen LogP contribution in [-0.4, -0.2) is 23.6 Å². The number of nitrogens with zero attached hydrogens (tertiary/aromatic N) is 4. The number of benzene rings is 2. The molecule has 0 amide bonds. The van der Waals surface area contributed by atoms with Gasteiger partial charge in [-0.3, -0.25) is 0 Å². The predicted octanol–water partition coefficient (Wildman–Crippen LogP) is 3.68. The Bertz CT molecular complexity index is 847. The molecule has 0 atom stereocenters. The van der Waals surface area contributed by atoms with E-state index < -0.39 is 0 Å². The van der Waals surface area contributed by atoms with E-state index in [1.807, 2.05) is 6.07 Å². The second kappa shape index (κ2) is 6.93. The maximum atomic E-state index is 4.51. The second-order valence-electron chi connectivity index (χ2n) is 6.52. The van der Waals surface area contributed by atoms with Crippen LogP contribution in [0.1, 0.15) is 16.7 Å². The molecule has 3 aromatic rings. The second-order valence-corrected chi connectivity index (χ2v) is 6.52. The third-order valence-corrected chi connectivity index (χ3v) is 4.75. The molecule has 0 saturated heterocycles. The standard InChI is InChI=1S/C21H22N4/c1-24(14-17-7-3-2-4-8-17)20-13-21(23-16-22-20)25-12-11-18-9-5-6-10-19(18)15-25/h2-10,13,16H,11-12,14-15H2,1H3. The van der Waals surface area contributed by atoms with Crippen molar-refractivity contribution in [2.45, 2.75) is 19.5 Å². The first kappa shape index (κ1) is 15.6. The summed E-state index contributed by atoms with van der Waals surface area (Å²) in [6.45, 7) is 2.74. The van der Waals surface area contributed by atoms with E-state index in [9.17, 15) is 0 Å². The first-order chi connectivity index (χ1) is 12.3. The molecule has 4 heteroatoms. The minimum Gasteiger partial charge on any atom is -0.355 e. The highest BCUT2D eigenvalue weighted by atomic mass is 15.2. The Kier molecular flexibility index (Phi) is 4.34. The van der Waals surface area contributed by atoms with E-state index in [0.29, 0.717) is 0 Å². The average Bonchev–Trinajstić information content (AvgIpc) is 2.68. The number of anilines is 2. The fourth-order valence-corrected chi connectivity index (χ4v) is 3.35. The maximum Gasteiger partial charge on any atom is 0.134 e. The van der Waals surface area contributed by atoms with Gasteiger partial charge in [-0.05, 0) is 23.1 Å². The van der Waals surface area contributed by atoms with E-state index in [2.05, 4.69) is 81.4 Å². The molecular formula is C21H22N4. The molecule has 0 aliphatic carbocycles. The highest BCUT2D eigenvalue weighted by molar-refractivity contribution is 5.51. The molecule has 2 aromatic carbocycles. The Labute approximate surface area is 148 Å². The van der Waals surface area contributed by atoms with E-state index in [0.717, 1.165) is 37.7 Å². The molecule has 0 fully saturated rings. The number of hydrogen-bond donors (Lipinski definition) is 0. The van der Waals surface area contributed by atoms with Crippen LogP contribution in [0.4, 0.5) is 11.6 Å². The van der Waals surface area contributed by atoms with Crippen LogP contribution in [0.25, 0.3) is 0 Å². The molecule has 0 unspecified atom stereocenters. The molecule has 1 aromatic heterocycles. The quantitative estimate of drug-likeness (QED) is 0.730. The number of rotatable bonds is 4. The Morgan fingerprint density at radius 1 is 0.960 bits per heavy atom. The molecular weight excluding hydrogens is 308 g/mol. The molecule has 4 nitrogen and oxygen atoms in total. The van der Waals surface area contributed by atoms with Crippen molar-refractivity contribution < 1.29 is 0 Å². The molecule has 4 rings (SSSR count). The van der Waals surface area contributed by atoms with Gasteiger partial charge in [0.2, 0.25) is 0 Å². The summed E-state index contributed by atoms with van der Waals surface area (Å²) in [5.41, 5.74) is 4.12. The normalized spacial score (nSPS) is 13.4. The van der Waals surface area contributed by atoms with Crippen LogP contribution in [0.2, 0.25) is 0 Å². The molecule has 0 saturated carbocycles. The summed E-state index contributed by atoms with van der Waals surface area (Å²) in [5.74, 6) is 1.95. The highest BCUT2D eigenvalue weighted by Gasteiger charge is 2.18. The maximum absolute atomic E-state index is 4.51. The molecule has 126 valence electrons. The van der Waals surface area contributed by atoms with Crippen molar-refractivity contribution in [3.05, 3.63) is 83.7 Å². The van der Waals surface area contributed by atoms with Crippen LogP contribution in [-0.2, 0) is 19.5 Å². The molecule has 1 aliphatic rings. The summed E-state index contributed by atoms with van der Waals surface area (Å²) in [5, 5.41) is 0. The lowest BCUT2D eigenvalue weighted by atomic mass is 10.00. The highest BCUT2D eigenvalue weighted by Crippen LogP contribution is 2.25. The average molecular weight is 330 g/mol. The zero-order chi connectivity index (χ0) is 17.1. The summed E-state index contributed by atoms with van der Waals surface area (Å²) in [6, 6.07) is 21.2. The third-order valence-electron chi connectivity index (χ3n) is 4.75. The van der Waals surface area contributed by atoms with Gasteiger partial charge in [0.25, 0.3) is 0 Å². The summed E-state index contributed by atoms with van der Waals surface area (Å²) >= 11 is 0. The zero-order valence-corrected chi connectivity index (χ0v) is 14.5. The van der Waals surface area contributed by atoms with Crippen molar-refractivity contribution in [1.29, 1.82) is 0 Å². The molecule has 0 radical (unpaired) electrons. The Morgan fingerprint density at radius 2 is 1.72 bits per heavy atom. The van der Waals surface area contributed by atoms with Crippen LogP contribution in [0.5, 0.6) is 0 Å². The van der Waals surface area contributed by atoms with Gasteiger partial charge >= 0.3 is 0 Å². The van der Waals surface area contributed by atoms with Gasteiger partial charge in [0.15, 0.2) is 0 Å². The molecule has 0 bridgehead atoms. The van der Waals surface area contributed by atoms with Crippen LogP contribution < -0.4 is 9.80 Å². The van der Waals surface area contributed by atoms with Gasteiger partial charge in [-0.2, -0.15) is 0 Å². The minimum atomic E-state index is 0.833. The Balaban J connectivity index is 1.52. The predicted molar refractivity (Wildman–Crippen MR) is 102 cm³/mol. The fraction of sp³-hybridized carbons (Fsp3) is 0.238. The van der Waals surface area contributed by atoms with Gasteiger partial charge in [0.05, 0.1) is 0 Å². The van der Waals surface area contributed by atoms with Gasteiger partial charge in [-0.1, -0.05) is 54.6 Å². The van der Waals surface area contributed by atoms with Gasteiger partial charge in [0, 0.05) is 32.7 Å². The van der Waals surface area contributed by atoms with Crippen molar-refractivity contribution in [2.75, 3.05) is 23.4 Å². The molecule has 25 heavy (non-hydrogen) atoms. The smallest absolute Gasteiger partial charge is 0.134 e. The van der Waals surface area contributed by atoms with E-state index in [-0.39, 0.29) is 0 Å². The lowest BCUT2D eigenvalue weighted by molar-refractivity contribution is 0.718. The third kappa shape index (κ3) is 3.48. The molecule has 0 spiro atoms. The minimum absolute atomic E-state index is 0.833. The van der Waals surface area contributed by atoms with Gasteiger partial charge in [-0.15, -0.1) is 0 Å². The van der Waals surface area contributed by atoms with E-state index in [4.69, 9.17) is 0 Å². The van der Waals surface area contributed by atoms with Gasteiger partial charge in [0.1, 0.15) is 18.0 Å². The summed E-state index contributed by atoms with van der Waals surface area (Å²) < 4.78 is 0. The lowest BCUT2D eigenvalue weighted by Crippen LogP contribution is -2.31. The van der Waals surface area contributed by atoms with Crippen LogP contribution in [0.3, 0.4) is 0 Å². The van der Waals surface area contributed by atoms with E-state index in [1.165, 1.54) is 16.7 Å². The molecule has 1 aliphatic heterocycles. The summed E-state index contributed by atoms with van der Waals surface area (Å²) in [6.07, 6.45) is 2.74. The summed E-state index contributed by atoms with van der Waals surface area (Å²) in [7, 11) is 2.07. The molecule has 2 heterocycles. The van der Waals surface area contributed by atoms with E-state index >= 15 is 0 Å². The topological polar surface area (TPSA) is 32.3 Å². The van der Waals surface area contributed by atoms with Crippen molar-refractivity contribution in [3.63, 3.8) is 0 Å². The van der Waals surface area contributed by atoms with Crippen LogP contribution in [0.15, 0.2) is 67.0 Å².